The number of benzene rings is 2. The van der Waals surface area contributed by atoms with E-state index in [4.69, 9.17) is 10.5 Å². The van der Waals surface area contributed by atoms with Crippen molar-refractivity contribution in [1.29, 1.82) is 0 Å². The lowest BCUT2D eigenvalue weighted by Crippen LogP contribution is -2.42. The fourth-order valence-corrected chi connectivity index (χ4v) is 3.12. The lowest BCUT2D eigenvalue weighted by atomic mass is 9.92. The molecule has 1 aliphatic rings. The van der Waals surface area contributed by atoms with Crippen LogP contribution in [-0.2, 0) is 4.79 Å². The monoisotopic (exact) mass is 360 g/mol. The van der Waals surface area contributed by atoms with Crippen LogP contribution in [-0.4, -0.2) is 24.6 Å². The van der Waals surface area contributed by atoms with Crippen LogP contribution in [0.2, 0.25) is 0 Å². The summed E-state index contributed by atoms with van der Waals surface area (Å²) in [6.45, 7) is 0.0341. The number of carbonyl (C=O) groups is 1. The zero-order chi connectivity index (χ0) is 16.8. The van der Waals surface area contributed by atoms with Crippen molar-refractivity contribution in [2.75, 3.05) is 6.61 Å². The van der Waals surface area contributed by atoms with Crippen molar-refractivity contribution in [3.8, 4) is 16.9 Å². The van der Waals surface area contributed by atoms with E-state index in [0.29, 0.717) is 0 Å². The van der Waals surface area contributed by atoms with Crippen molar-refractivity contribution in [3.63, 3.8) is 0 Å². The van der Waals surface area contributed by atoms with Crippen molar-refractivity contribution < 1.29 is 9.53 Å². The molecule has 0 aliphatic heterocycles. The van der Waals surface area contributed by atoms with E-state index in [2.05, 4.69) is 5.32 Å². The van der Waals surface area contributed by atoms with Gasteiger partial charge in [0.2, 0.25) is 0 Å². The Hall–Kier alpha value is -2.04. The van der Waals surface area contributed by atoms with Gasteiger partial charge in [0.1, 0.15) is 5.75 Å². The molecule has 134 valence electrons. The van der Waals surface area contributed by atoms with E-state index in [1.807, 2.05) is 54.6 Å². The number of halogens is 1. The molecule has 3 rings (SSSR count). The first-order valence-electron chi connectivity index (χ1n) is 8.54. The van der Waals surface area contributed by atoms with Crippen LogP contribution in [0.25, 0.3) is 11.1 Å². The summed E-state index contributed by atoms with van der Waals surface area (Å²) in [6, 6.07) is 18.3. The number of nitrogens with one attached hydrogen (secondary N) is 1. The van der Waals surface area contributed by atoms with Gasteiger partial charge in [-0.1, -0.05) is 48.5 Å². The zero-order valence-corrected chi connectivity index (χ0v) is 15.0. The molecule has 4 nitrogen and oxygen atoms in total. The van der Waals surface area contributed by atoms with Crippen LogP contribution in [0.1, 0.15) is 25.7 Å². The van der Waals surface area contributed by atoms with Gasteiger partial charge in [-0.3, -0.25) is 4.79 Å². The van der Waals surface area contributed by atoms with Crippen LogP contribution in [0.15, 0.2) is 54.6 Å². The maximum absolute atomic E-state index is 12.1. The second-order valence-electron chi connectivity index (χ2n) is 6.33. The molecule has 0 saturated heterocycles. The predicted octanol–water partition coefficient (Wildman–Crippen LogP) is 3.54. The molecule has 1 fully saturated rings. The molecule has 0 bridgehead atoms. The van der Waals surface area contributed by atoms with Gasteiger partial charge >= 0.3 is 0 Å². The second-order valence-corrected chi connectivity index (χ2v) is 6.33. The van der Waals surface area contributed by atoms with Gasteiger partial charge in [-0.25, -0.2) is 0 Å². The predicted molar refractivity (Wildman–Crippen MR) is 103 cm³/mol. The smallest absolute Gasteiger partial charge is 0.258 e. The van der Waals surface area contributed by atoms with Crippen molar-refractivity contribution in [2.45, 2.75) is 37.8 Å². The van der Waals surface area contributed by atoms with E-state index in [1.54, 1.807) is 0 Å². The lowest BCUT2D eigenvalue weighted by molar-refractivity contribution is -0.124. The normalized spacial score (nSPS) is 19.6. The highest BCUT2D eigenvalue weighted by Gasteiger charge is 2.20. The maximum Gasteiger partial charge on any atom is 0.258 e. The molecule has 0 radical (unpaired) electrons. The summed E-state index contributed by atoms with van der Waals surface area (Å²) in [6.07, 6.45) is 3.85. The average Bonchev–Trinajstić information content (AvgIpc) is 2.63. The molecular weight excluding hydrogens is 336 g/mol. The minimum absolute atomic E-state index is 0. The summed E-state index contributed by atoms with van der Waals surface area (Å²) in [7, 11) is 0. The Kier molecular flexibility index (Phi) is 7.29. The number of ether oxygens (including phenoxy) is 1. The third-order valence-corrected chi connectivity index (χ3v) is 4.47. The van der Waals surface area contributed by atoms with E-state index >= 15 is 0 Å². The maximum atomic E-state index is 12.1. The van der Waals surface area contributed by atoms with Crippen molar-refractivity contribution in [1.82, 2.24) is 5.32 Å². The highest BCUT2D eigenvalue weighted by atomic mass is 35.5. The highest BCUT2D eigenvalue weighted by Crippen LogP contribution is 2.29. The summed E-state index contributed by atoms with van der Waals surface area (Å²) >= 11 is 0. The van der Waals surface area contributed by atoms with Crippen molar-refractivity contribution in [2.24, 2.45) is 5.73 Å². The summed E-state index contributed by atoms with van der Waals surface area (Å²) < 4.78 is 5.78. The number of hydrogen-bond acceptors (Lipinski definition) is 3. The number of nitrogens with two attached hydrogens (primary N) is 1. The largest absolute Gasteiger partial charge is 0.483 e. The minimum atomic E-state index is -0.0710. The van der Waals surface area contributed by atoms with Gasteiger partial charge in [0, 0.05) is 17.6 Å². The summed E-state index contributed by atoms with van der Waals surface area (Å²) in [5.41, 5.74) is 7.97. The fourth-order valence-electron chi connectivity index (χ4n) is 3.12. The van der Waals surface area contributed by atoms with Crippen LogP contribution in [0.5, 0.6) is 5.75 Å². The molecule has 0 spiro atoms. The number of hydrogen-bond donors (Lipinski definition) is 2. The molecule has 25 heavy (non-hydrogen) atoms. The summed E-state index contributed by atoms with van der Waals surface area (Å²) in [5, 5.41) is 3.05. The van der Waals surface area contributed by atoms with Crippen LogP contribution in [0.3, 0.4) is 0 Å². The molecule has 0 unspecified atom stereocenters. The molecule has 5 heteroatoms. The molecule has 0 heterocycles. The molecule has 2 aromatic carbocycles. The highest BCUT2D eigenvalue weighted by molar-refractivity contribution is 5.85. The fraction of sp³-hybridized carbons (Fsp3) is 0.350. The SMILES string of the molecule is Cl.NC1CCC(NC(=O)COc2ccccc2-c2ccccc2)CC1. The molecule has 3 N–H and O–H groups in total. The standard InChI is InChI=1S/C20H24N2O2.ClH/c21-16-10-12-17(13-11-16)22-20(23)14-24-19-9-5-4-8-18(19)15-6-2-1-3-7-15;/h1-9,16-17H,10-14,21H2,(H,22,23);1H. The number of para-hydroxylation sites is 1. The van der Waals surface area contributed by atoms with E-state index in [9.17, 15) is 4.79 Å². The van der Waals surface area contributed by atoms with Gasteiger partial charge in [0.05, 0.1) is 0 Å². The lowest BCUT2D eigenvalue weighted by Gasteiger charge is -2.26. The Morgan fingerprint density at radius 3 is 2.36 bits per heavy atom. The van der Waals surface area contributed by atoms with Gasteiger partial charge in [-0.2, -0.15) is 0 Å². The molecular formula is C20H25ClN2O2. The van der Waals surface area contributed by atoms with E-state index in [1.165, 1.54) is 0 Å². The van der Waals surface area contributed by atoms with E-state index in [-0.39, 0.29) is 37.0 Å². The second kappa shape index (κ2) is 9.44. The molecule has 1 amide bonds. The van der Waals surface area contributed by atoms with Gasteiger partial charge in [-0.05, 0) is 37.3 Å². The van der Waals surface area contributed by atoms with Crippen LogP contribution in [0.4, 0.5) is 0 Å². The first kappa shape index (κ1) is 19.3. The van der Waals surface area contributed by atoms with E-state index in [0.717, 1.165) is 42.6 Å². The molecule has 1 aliphatic carbocycles. The number of amides is 1. The summed E-state index contributed by atoms with van der Waals surface area (Å²) in [5.74, 6) is 0.655. The third-order valence-electron chi connectivity index (χ3n) is 4.47. The molecule has 0 atom stereocenters. The first-order valence-corrected chi connectivity index (χ1v) is 8.54. The van der Waals surface area contributed by atoms with Crippen LogP contribution in [0, 0.1) is 0 Å². The molecule has 2 aromatic rings. The van der Waals surface area contributed by atoms with Gasteiger partial charge in [0.15, 0.2) is 6.61 Å². The molecule has 0 aromatic heterocycles. The van der Waals surface area contributed by atoms with Gasteiger partial charge < -0.3 is 15.8 Å². The Morgan fingerprint density at radius 2 is 1.64 bits per heavy atom. The Morgan fingerprint density at radius 1 is 1.00 bits per heavy atom. The first-order chi connectivity index (χ1) is 11.7. The quantitative estimate of drug-likeness (QED) is 0.857. The Bertz CT molecular complexity index is 670. The minimum Gasteiger partial charge on any atom is -0.483 e. The number of carbonyl (C=O) groups excluding carboxylic acids is 1. The van der Waals surface area contributed by atoms with Crippen molar-refractivity contribution >= 4 is 18.3 Å². The van der Waals surface area contributed by atoms with Gasteiger partial charge in [0.25, 0.3) is 5.91 Å². The molecule has 1 saturated carbocycles. The van der Waals surface area contributed by atoms with E-state index < -0.39 is 0 Å². The van der Waals surface area contributed by atoms with Crippen LogP contribution >= 0.6 is 12.4 Å². The Balaban J connectivity index is 0.00000225. The average molecular weight is 361 g/mol. The van der Waals surface area contributed by atoms with Crippen molar-refractivity contribution in [3.05, 3.63) is 54.6 Å². The van der Waals surface area contributed by atoms with Crippen LogP contribution < -0.4 is 15.8 Å². The van der Waals surface area contributed by atoms with Gasteiger partial charge in [-0.15, -0.1) is 12.4 Å². The third kappa shape index (κ3) is 5.48. The number of rotatable bonds is 5. The summed E-state index contributed by atoms with van der Waals surface area (Å²) in [4.78, 5) is 12.1. The zero-order valence-electron chi connectivity index (χ0n) is 14.2. The Labute approximate surface area is 155 Å². The topological polar surface area (TPSA) is 64.3 Å².